The highest BCUT2D eigenvalue weighted by Gasteiger charge is 2.35. The largest absolute Gasteiger partial charge is 0.497 e. The van der Waals surface area contributed by atoms with Gasteiger partial charge >= 0.3 is 17.9 Å². The highest BCUT2D eigenvalue weighted by Crippen LogP contribution is 2.37. The molecule has 7 heterocycles. The second-order valence-corrected chi connectivity index (χ2v) is 29.4. The SMILES string of the molecule is C.C.C.CCOC(=O)c1c(N2CCN(C(=O)c3ccc(F)cc3)CC2)c2cc(Cl)ccc2n(CCN(C)C)c1=O.CCOC(=O)c1c(N2CCN(C(=O)c3ccc(OC)cc3)CC2)c2cc(Cl)ccc2n(CCN(C)C)c1=O.CCOC(=O)c1c(N2CCN(C(=O)c3cccs3)CC2)c2cc(Cl)ccc2n(CCN(C)C)c1=O. The van der Waals surface area contributed by atoms with Crippen molar-refractivity contribution in [2.45, 2.75) is 62.7 Å². The summed E-state index contributed by atoms with van der Waals surface area (Å²) in [5, 5.41) is 5.47. The van der Waals surface area contributed by atoms with Crippen LogP contribution in [0.1, 0.15) is 105 Å². The van der Waals surface area contributed by atoms with Crippen LogP contribution in [-0.2, 0) is 33.8 Å². The number of anilines is 3. The molecule has 12 rings (SSSR count). The fraction of sp³-hybridized carbons (Fsp3) is 0.410. The van der Waals surface area contributed by atoms with Gasteiger partial charge in [-0.05, 0) is 178 Å². The third-order valence-corrected chi connectivity index (χ3v) is 20.7. The Bertz CT molecular complexity index is 5020. The monoisotopic (exact) mass is 1630 g/mol. The highest BCUT2D eigenvalue weighted by molar-refractivity contribution is 7.12. The number of rotatable bonds is 22. The summed E-state index contributed by atoms with van der Waals surface area (Å²) >= 11 is 20.6. The second kappa shape index (κ2) is 41.2. The van der Waals surface area contributed by atoms with Crippen molar-refractivity contribution in [3.05, 3.63) is 205 Å². The number of hydrogen-bond donors (Lipinski definition) is 0. The Hall–Kier alpha value is -9.87. The first-order valence-electron chi connectivity index (χ1n) is 36.4. The summed E-state index contributed by atoms with van der Waals surface area (Å²) in [6, 6.07) is 32.1. The molecule has 608 valence electrons. The Labute approximate surface area is 678 Å². The molecule has 113 heavy (non-hydrogen) atoms. The van der Waals surface area contributed by atoms with Crippen LogP contribution in [0.3, 0.4) is 0 Å². The van der Waals surface area contributed by atoms with E-state index in [1.165, 1.54) is 35.6 Å². The van der Waals surface area contributed by atoms with Crippen LogP contribution in [0.4, 0.5) is 21.5 Å². The van der Waals surface area contributed by atoms with Gasteiger partial charge in [-0.25, -0.2) is 18.8 Å². The van der Waals surface area contributed by atoms with Crippen molar-refractivity contribution in [1.82, 2.24) is 43.1 Å². The number of ether oxygens (including phenoxy) is 4. The number of hydrogen-bond acceptors (Lipinski definition) is 20. The van der Waals surface area contributed by atoms with E-state index in [4.69, 9.17) is 53.8 Å². The highest BCUT2D eigenvalue weighted by atomic mass is 35.5. The quantitative estimate of drug-likeness (QED) is 0.0453. The summed E-state index contributed by atoms with van der Waals surface area (Å²) in [6.07, 6.45) is 0. The first-order chi connectivity index (χ1) is 52.8. The molecule has 0 radical (unpaired) electrons. The molecule has 5 aromatic carbocycles. The van der Waals surface area contributed by atoms with E-state index in [0.717, 1.165) is 5.39 Å². The number of carbonyl (C=O) groups excluding carboxylic acids is 6. The van der Waals surface area contributed by atoms with Crippen LogP contribution in [0.5, 0.6) is 5.75 Å². The molecule has 3 amide bonds. The fourth-order valence-electron chi connectivity index (χ4n) is 13.6. The molecule has 3 aliphatic rings. The number of methoxy groups -OCH3 is 1. The van der Waals surface area contributed by atoms with E-state index >= 15 is 0 Å². The number of halogens is 4. The van der Waals surface area contributed by atoms with E-state index in [2.05, 4.69) is 0 Å². The van der Waals surface area contributed by atoms with Gasteiger partial charge in [0.25, 0.3) is 34.4 Å². The Morgan fingerprint density at radius 1 is 0.425 bits per heavy atom. The lowest BCUT2D eigenvalue weighted by molar-refractivity contribution is 0.0514. The van der Waals surface area contributed by atoms with Gasteiger partial charge in [0, 0.05) is 160 Å². The predicted octanol–water partition coefficient (Wildman–Crippen LogP) is 12.2. The number of nitrogens with zero attached hydrogens (tertiary/aromatic N) is 12. The zero-order valence-corrected chi connectivity index (χ0v) is 66.6. The topological polar surface area (TPSA) is 234 Å². The van der Waals surface area contributed by atoms with Crippen molar-refractivity contribution >= 4 is 132 Å². The van der Waals surface area contributed by atoms with Gasteiger partial charge in [0.1, 0.15) is 28.3 Å². The molecule has 4 aromatic heterocycles. The molecular formula is C83H104Cl3FN12O13S. The molecule has 0 bridgehead atoms. The predicted molar refractivity (Wildman–Crippen MR) is 451 cm³/mol. The van der Waals surface area contributed by atoms with Gasteiger partial charge in [-0.1, -0.05) is 63.1 Å². The standard InChI is InChI=1S/C28H33ClN4O5.C27H30ClFN4O4.C25H29ClN4O4S.3CH4/c1-5-38-28(36)24-25(22-18-20(29)8-11-23(22)33(27(24)35)17-12-30(2)3)31-13-15-32(16-14-31)26(34)19-6-9-21(37-4)10-7-19;1-4-37-27(36)23-24(21-17-19(28)7-10-22(21)33(26(23)35)16-11-30(2)3)31-12-14-32(15-13-31)25(34)18-5-8-20(29)9-6-18;1-4-34-25(33)21-22(28-10-12-29(13-11-28)23(31)20-6-5-15-35-20)18-16-17(26)7-8-19(18)30(24(21)32)14-9-27(2)3;;;/h6-11,18H,5,12-17H2,1-4H3;5-10,17H,4,11-16H2,1-3H3;5-8,15-16H,4,9-14H2,1-3H3;3*1H4. The van der Waals surface area contributed by atoms with Crippen LogP contribution in [-0.4, -0.2) is 246 Å². The van der Waals surface area contributed by atoms with Crippen molar-refractivity contribution in [2.24, 2.45) is 0 Å². The van der Waals surface area contributed by atoms with Gasteiger partial charge in [0.15, 0.2) is 0 Å². The number of amides is 3. The first kappa shape index (κ1) is 90.3. The molecule has 3 fully saturated rings. The van der Waals surface area contributed by atoms with Crippen LogP contribution in [0.2, 0.25) is 15.1 Å². The molecule has 9 aromatic rings. The Balaban J connectivity index is 0.000000232. The maximum Gasteiger partial charge on any atom is 0.345 e. The zero-order valence-electron chi connectivity index (χ0n) is 63.5. The number of carbonyl (C=O) groups is 6. The minimum atomic E-state index is -0.687. The maximum atomic E-state index is 13.8. The lowest BCUT2D eigenvalue weighted by Gasteiger charge is -2.37. The Kier molecular flexibility index (Phi) is 33.0. The fourth-order valence-corrected chi connectivity index (χ4v) is 14.8. The summed E-state index contributed by atoms with van der Waals surface area (Å²) in [7, 11) is 13.1. The van der Waals surface area contributed by atoms with Crippen LogP contribution in [0, 0.1) is 5.82 Å². The van der Waals surface area contributed by atoms with Gasteiger partial charge in [-0.2, -0.15) is 0 Å². The molecule has 0 unspecified atom stereocenters. The lowest BCUT2D eigenvalue weighted by Crippen LogP contribution is -2.49. The number of pyridine rings is 3. The number of thiophene rings is 1. The number of esters is 3. The molecule has 0 spiro atoms. The molecular weight excluding hydrogens is 1530 g/mol. The maximum absolute atomic E-state index is 13.8. The second-order valence-electron chi connectivity index (χ2n) is 27.1. The molecule has 0 atom stereocenters. The summed E-state index contributed by atoms with van der Waals surface area (Å²) < 4.78 is 39.3. The third-order valence-electron chi connectivity index (χ3n) is 19.2. The van der Waals surface area contributed by atoms with Crippen molar-refractivity contribution in [3.8, 4) is 5.75 Å². The lowest BCUT2D eigenvalue weighted by atomic mass is 10.1. The van der Waals surface area contributed by atoms with Gasteiger partial charge in [0.2, 0.25) is 0 Å². The smallest absolute Gasteiger partial charge is 0.345 e. The van der Waals surface area contributed by atoms with Crippen LogP contribution < -0.4 is 36.1 Å². The third kappa shape index (κ3) is 21.1. The van der Waals surface area contributed by atoms with Gasteiger partial charge in [-0.15, -0.1) is 11.3 Å². The summed E-state index contributed by atoms with van der Waals surface area (Å²) in [5.41, 5.74) is 3.33. The van der Waals surface area contributed by atoms with Gasteiger partial charge in [0.05, 0.1) is 65.4 Å². The van der Waals surface area contributed by atoms with E-state index in [9.17, 15) is 47.5 Å². The minimum absolute atomic E-state index is 0. The van der Waals surface area contributed by atoms with Gasteiger partial charge in [-0.3, -0.25) is 28.8 Å². The molecule has 3 saturated heterocycles. The normalized spacial score (nSPS) is 13.5. The van der Waals surface area contributed by atoms with Crippen LogP contribution in [0.25, 0.3) is 32.7 Å². The molecule has 3 aliphatic heterocycles. The first-order valence-corrected chi connectivity index (χ1v) is 38.4. The number of fused-ring (bicyclic) bond motifs is 3. The summed E-state index contributed by atoms with van der Waals surface area (Å²) in [6.45, 7) is 13.8. The van der Waals surface area contributed by atoms with E-state index in [1.807, 2.05) is 101 Å². The van der Waals surface area contributed by atoms with Crippen molar-refractivity contribution in [1.29, 1.82) is 0 Å². The van der Waals surface area contributed by atoms with Crippen LogP contribution >= 0.6 is 46.1 Å². The molecule has 0 N–H and O–H groups in total. The van der Waals surface area contributed by atoms with Gasteiger partial charge < -0.3 is 76.7 Å². The van der Waals surface area contributed by atoms with E-state index in [-0.39, 0.29) is 82.1 Å². The number of piperazine rings is 3. The van der Waals surface area contributed by atoms with Crippen molar-refractivity contribution < 1.29 is 52.1 Å². The Morgan fingerprint density at radius 2 is 0.726 bits per heavy atom. The molecule has 0 aliphatic carbocycles. The van der Waals surface area contributed by atoms with Crippen molar-refractivity contribution in [2.75, 3.05) is 182 Å². The Morgan fingerprint density at radius 3 is 1.00 bits per heavy atom. The average Bonchev–Trinajstić information content (AvgIpc) is 0.976. The number of likely N-dealkylation sites (N-methyl/N-ethyl adjacent to an activating group) is 3. The zero-order chi connectivity index (χ0) is 79.2. The minimum Gasteiger partial charge on any atom is -0.497 e. The molecule has 30 heteroatoms. The molecule has 25 nitrogen and oxygen atoms in total. The van der Waals surface area contributed by atoms with Crippen molar-refractivity contribution in [3.63, 3.8) is 0 Å². The van der Waals surface area contributed by atoms with E-state index in [1.54, 1.807) is 123 Å². The summed E-state index contributed by atoms with van der Waals surface area (Å²) in [5.74, 6) is -2.00. The van der Waals surface area contributed by atoms with E-state index < -0.39 is 34.8 Å². The number of benzene rings is 5. The van der Waals surface area contributed by atoms with E-state index in [0.29, 0.717) is 199 Å². The van der Waals surface area contributed by atoms with Crippen LogP contribution in [0.15, 0.2) is 135 Å². The molecule has 0 saturated carbocycles. The average molecular weight is 1640 g/mol. The summed E-state index contributed by atoms with van der Waals surface area (Å²) in [4.78, 5) is 137. The number of aromatic nitrogens is 3.